The SMILES string of the molecule is N#Cc1nc(CCl)c(OC(F)(F)F)cc1N. The van der Waals surface area contributed by atoms with Crippen LogP contribution >= 0.6 is 11.6 Å². The summed E-state index contributed by atoms with van der Waals surface area (Å²) in [4.78, 5) is 3.55. The van der Waals surface area contributed by atoms with Gasteiger partial charge in [-0.3, -0.25) is 0 Å². The lowest BCUT2D eigenvalue weighted by Gasteiger charge is -2.12. The van der Waals surface area contributed by atoms with E-state index in [2.05, 4.69) is 9.72 Å². The van der Waals surface area contributed by atoms with Crippen LogP contribution in [0, 0.1) is 11.3 Å². The monoisotopic (exact) mass is 251 g/mol. The molecule has 2 N–H and O–H groups in total. The second kappa shape index (κ2) is 4.45. The van der Waals surface area contributed by atoms with Crippen molar-refractivity contribution in [3.05, 3.63) is 17.5 Å². The lowest BCUT2D eigenvalue weighted by molar-refractivity contribution is -0.275. The summed E-state index contributed by atoms with van der Waals surface area (Å²) in [5.74, 6) is -0.917. The maximum Gasteiger partial charge on any atom is 0.573 e. The Bertz CT molecular complexity index is 441. The number of nitrogens with two attached hydrogens (primary N) is 1. The molecule has 0 atom stereocenters. The van der Waals surface area contributed by atoms with Crippen LogP contribution in [0.4, 0.5) is 18.9 Å². The van der Waals surface area contributed by atoms with E-state index in [-0.39, 0.29) is 23.0 Å². The van der Waals surface area contributed by atoms with Gasteiger partial charge in [0.2, 0.25) is 0 Å². The molecule has 1 rings (SSSR count). The van der Waals surface area contributed by atoms with Crippen LogP contribution in [0.2, 0.25) is 0 Å². The Kier molecular flexibility index (Phi) is 3.44. The number of pyridine rings is 1. The fraction of sp³-hybridized carbons (Fsp3) is 0.250. The maximum atomic E-state index is 12.0. The van der Waals surface area contributed by atoms with Crippen LogP contribution in [0.1, 0.15) is 11.4 Å². The average Bonchev–Trinajstić information content (AvgIpc) is 2.16. The highest BCUT2D eigenvalue weighted by Gasteiger charge is 2.32. The number of halogens is 4. The van der Waals surface area contributed by atoms with Gasteiger partial charge in [0, 0.05) is 6.07 Å². The summed E-state index contributed by atoms with van der Waals surface area (Å²) in [5.41, 5.74) is 4.72. The third-order valence-corrected chi connectivity index (χ3v) is 1.80. The molecule has 0 radical (unpaired) electrons. The maximum absolute atomic E-state index is 12.0. The summed E-state index contributed by atoms with van der Waals surface area (Å²) in [6, 6.07) is 2.50. The molecule has 1 heterocycles. The normalized spacial score (nSPS) is 10.9. The lowest BCUT2D eigenvalue weighted by atomic mass is 10.2. The standard InChI is InChI=1S/C8H5ClF3N3O/c9-2-5-7(16-8(10,11)12)1-4(14)6(3-13)15-5/h1H,2,14H2. The average molecular weight is 252 g/mol. The summed E-state index contributed by atoms with van der Waals surface area (Å²) in [6.07, 6.45) is -4.86. The first kappa shape index (κ1) is 12.4. The fourth-order valence-corrected chi connectivity index (χ4v) is 1.14. The summed E-state index contributed by atoms with van der Waals surface area (Å²) in [7, 11) is 0. The molecule has 1 aromatic heterocycles. The van der Waals surface area contributed by atoms with Crippen molar-refractivity contribution in [2.45, 2.75) is 12.2 Å². The molecule has 0 aliphatic heterocycles. The molecule has 0 aliphatic carbocycles. The first-order valence-corrected chi connectivity index (χ1v) is 4.42. The lowest BCUT2D eigenvalue weighted by Crippen LogP contribution is -2.18. The highest BCUT2D eigenvalue weighted by Crippen LogP contribution is 2.29. The molecule has 16 heavy (non-hydrogen) atoms. The number of nitrogen functional groups attached to an aromatic ring is 1. The molecule has 8 heteroatoms. The molecule has 0 spiro atoms. The van der Waals surface area contributed by atoms with E-state index >= 15 is 0 Å². The molecular formula is C8H5ClF3N3O. The van der Waals surface area contributed by atoms with E-state index in [1.54, 1.807) is 6.07 Å². The summed E-state index contributed by atoms with van der Waals surface area (Å²) >= 11 is 5.38. The first-order chi connectivity index (χ1) is 7.37. The van der Waals surface area contributed by atoms with Crippen LogP contribution in [0.5, 0.6) is 5.75 Å². The number of aromatic nitrogens is 1. The van der Waals surface area contributed by atoms with E-state index in [1.165, 1.54) is 0 Å². The van der Waals surface area contributed by atoms with Crippen LogP contribution in [-0.4, -0.2) is 11.3 Å². The number of nitrogens with zero attached hydrogens (tertiary/aromatic N) is 2. The number of hydrogen-bond donors (Lipinski definition) is 1. The zero-order chi connectivity index (χ0) is 12.3. The molecular weight excluding hydrogens is 247 g/mol. The van der Waals surface area contributed by atoms with Gasteiger partial charge in [-0.25, -0.2) is 4.98 Å². The molecule has 1 aromatic rings. The predicted molar refractivity (Wildman–Crippen MR) is 49.6 cm³/mol. The quantitative estimate of drug-likeness (QED) is 0.818. The van der Waals surface area contributed by atoms with Gasteiger partial charge in [0.15, 0.2) is 11.4 Å². The minimum absolute atomic E-state index is 0.190. The molecule has 0 saturated carbocycles. The second-order valence-corrected chi connectivity index (χ2v) is 2.93. The Morgan fingerprint density at radius 2 is 2.19 bits per heavy atom. The van der Waals surface area contributed by atoms with E-state index in [4.69, 9.17) is 22.6 Å². The van der Waals surface area contributed by atoms with E-state index in [0.29, 0.717) is 0 Å². The summed E-state index contributed by atoms with van der Waals surface area (Å²) in [5, 5.41) is 8.56. The molecule has 0 amide bonds. The number of anilines is 1. The van der Waals surface area contributed by atoms with Gasteiger partial charge in [0.05, 0.1) is 17.3 Å². The number of alkyl halides is 4. The second-order valence-electron chi connectivity index (χ2n) is 2.66. The van der Waals surface area contributed by atoms with E-state index in [9.17, 15) is 13.2 Å². The smallest absolute Gasteiger partial charge is 0.404 e. The molecule has 0 bridgehead atoms. The van der Waals surface area contributed by atoms with Crippen molar-refractivity contribution in [1.82, 2.24) is 4.98 Å². The van der Waals surface area contributed by atoms with Crippen molar-refractivity contribution in [3.63, 3.8) is 0 Å². The van der Waals surface area contributed by atoms with Gasteiger partial charge in [-0.15, -0.1) is 24.8 Å². The first-order valence-electron chi connectivity index (χ1n) is 3.88. The van der Waals surface area contributed by atoms with Gasteiger partial charge in [0.25, 0.3) is 0 Å². The van der Waals surface area contributed by atoms with Crippen molar-refractivity contribution in [3.8, 4) is 11.8 Å². The predicted octanol–water partition coefficient (Wildman–Crippen LogP) is 2.17. The molecule has 0 saturated heterocycles. The van der Waals surface area contributed by atoms with Crippen LogP contribution in [0.3, 0.4) is 0 Å². The zero-order valence-electron chi connectivity index (χ0n) is 7.68. The molecule has 0 aliphatic rings. The fourth-order valence-electron chi connectivity index (χ4n) is 0.946. The van der Waals surface area contributed by atoms with Crippen LogP contribution in [0.25, 0.3) is 0 Å². The molecule has 4 nitrogen and oxygen atoms in total. The van der Waals surface area contributed by atoms with Gasteiger partial charge < -0.3 is 10.5 Å². The highest BCUT2D eigenvalue weighted by atomic mass is 35.5. The number of hydrogen-bond acceptors (Lipinski definition) is 4. The van der Waals surface area contributed by atoms with Crippen molar-refractivity contribution < 1.29 is 17.9 Å². The topological polar surface area (TPSA) is 71.9 Å². The Morgan fingerprint density at radius 1 is 1.56 bits per heavy atom. The zero-order valence-corrected chi connectivity index (χ0v) is 8.43. The molecule has 0 aromatic carbocycles. The largest absolute Gasteiger partial charge is 0.573 e. The Morgan fingerprint density at radius 3 is 2.62 bits per heavy atom. The van der Waals surface area contributed by atoms with Gasteiger partial charge in [0.1, 0.15) is 6.07 Å². The van der Waals surface area contributed by atoms with Crippen molar-refractivity contribution in [2.24, 2.45) is 0 Å². The van der Waals surface area contributed by atoms with E-state index in [1.807, 2.05) is 0 Å². The Hall–Kier alpha value is -1.68. The van der Waals surface area contributed by atoms with Crippen molar-refractivity contribution >= 4 is 17.3 Å². The van der Waals surface area contributed by atoms with Gasteiger partial charge in [-0.1, -0.05) is 0 Å². The Labute approximate surface area is 93.4 Å². The highest BCUT2D eigenvalue weighted by molar-refractivity contribution is 6.17. The van der Waals surface area contributed by atoms with Crippen molar-refractivity contribution in [2.75, 3.05) is 5.73 Å². The summed E-state index contributed by atoms with van der Waals surface area (Å²) < 4.78 is 39.6. The van der Waals surface area contributed by atoms with Gasteiger partial charge in [-0.05, 0) is 0 Å². The van der Waals surface area contributed by atoms with Gasteiger partial charge >= 0.3 is 6.36 Å². The van der Waals surface area contributed by atoms with E-state index < -0.39 is 12.1 Å². The molecule has 86 valence electrons. The number of rotatable bonds is 2. The third kappa shape index (κ3) is 2.90. The van der Waals surface area contributed by atoms with E-state index in [0.717, 1.165) is 6.07 Å². The van der Waals surface area contributed by atoms with Crippen LogP contribution in [0.15, 0.2) is 6.07 Å². The summed E-state index contributed by atoms with van der Waals surface area (Å²) in [6.45, 7) is 0. The van der Waals surface area contributed by atoms with Crippen molar-refractivity contribution in [1.29, 1.82) is 5.26 Å². The number of nitriles is 1. The van der Waals surface area contributed by atoms with Crippen LogP contribution < -0.4 is 10.5 Å². The number of ether oxygens (including phenoxy) is 1. The minimum Gasteiger partial charge on any atom is -0.404 e. The van der Waals surface area contributed by atoms with Gasteiger partial charge in [-0.2, -0.15) is 5.26 Å². The third-order valence-electron chi connectivity index (χ3n) is 1.55. The Balaban J connectivity index is 3.20. The minimum atomic E-state index is -4.86. The molecule has 0 unspecified atom stereocenters. The van der Waals surface area contributed by atoms with Crippen LogP contribution in [-0.2, 0) is 5.88 Å². The molecule has 0 fully saturated rings.